The van der Waals surface area contributed by atoms with Gasteiger partial charge in [0.15, 0.2) is 0 Å². The van der Waals surface area contributed by atoms with Crippen molar-refractivity contribution < 1.29 is 19.1 Å². The molecular weight excluding hydrogens is 308 g/mol. The van der Waals surface area contributed by atoms with Crippen LogP contribution in [0.15, 0.2) is 30.3 Å². The second-order valence-electron chi connectivity index (χ2n) is 6.96. The Morgan fingerprint density at radius 2 is 2.00 bits per heavy atom. The summed E-state index contributed by atoms with van der Waals surface area (Å²) in [6.45, 7) is 6.52. The van der Waals surface area contributed by atoms with Crippen LogP contribution in [0.1, 0.15) is 32.8 Å². The first-order valence-electron chi connectivity index (χ1n) is 8.25. The first-order chi connectivity index (χ1) is 11.3. The molecule has 2 atom stereocenters. The summed E-state index contributed by atoms with van der Waals surface area (Å²) in [5, 5.41) is 5.61. The van der Waals surface area contributed by atoms with Gasteiger partial charge >= 0.3 is 6.09 Å². The molecule has 1 saturated heterocycles. The zero-order valence-electron chi connectivity index (χ0n) is 14.5. The van der Waals surface area contributed by atoms with Crippen LogP contribution in [0.3, 0.4) is 0 Å². The third kappa shape index (κ3) is 6.20. The summed E-state index contributed by atoms with van der Waals surface area (Å²) in [5.41, 5.74) is 0.355. The summed E-state index contributed by atoms with van der Waals surface area (Å²) in [4.78, 5) is 24.6. The van der Waals surface area contributed by atoms with E-state index in [9.17, 15) is 9.59 Å². The maximum absolute atomic E-state index is 12.6. The van der Waals surface area contributed by atoms with Crippen LogP contribution in [-0.2, 0) is 20.7 Å². The summed E-state index contributed by atoms with van der Waals surface area (Å²) in [6, 6.07) is 8.88. The zero-order chi connectivity index (χ0) is 17.6. The van der Waals surface area contributed by atoms with Gasteiger partial charge < -0.3 is 20.1 Å². The molecule has 1 aromatic rings. The van der Waals surface area contributed by atoms with Crippen LogP contribution in [0, 0.1) is 0 Å². The van der Waals surface area contributed by atoms with E-state index in [0.29, 0.717) is 19.6 Å². The molecule has 24 heavy (non-hydrogen) atoms. The number of nitrogens with one attached hydrogen (secondary N) is 2. The topological polar surface area (TPSA) is 76.7 Å². The van der Waals surface area contributed by atoms with Crippen molar-refractivity contribution in [1.29, 1.82) is 0 Å². The maximum atomic E-state index is 12.6. The lowest BCUT2D eigenvalue weighted by Gasteiger charge is -2.24. The van der Waals surface area contributed by atoms with Crippen molar-refractivity contribution >= 4 is 12.0 Å². The second kappa shape index (κ2) is 8.15. The van der Waals surface area contributed by atoms with Crippen molar-refractivity contribution in [1.82, 2.24) is 10.6 Å². The van der Waals surface area contributed by atoms with Crippen LogP contribution >= 0.6 is 0 Å². The third-order valence-electron chi connectivity index (χ3n) is 3.57. The Morgan fingerprint density at radius 1 is 1.29 bits per heavy atom. The molecule has 0 saturated carbocycles. The average Bonchev–Trinajstić information content (AvgIpc) is 2.98. The molecular formula is C18H26N2O4. The minimum Gasteiger partial charge on any atom is -0.444 e. The molecule has 0 aliphatic carbocycles. The predicted octanol–water partition coefficient (Wildman–Crippen LogP) is 2.03. The fourth-order valence-electron chi connectivity index (χ4n) is 2.46. The quantitative estimate of drug-likeness (QED) is 0.864. The largest absolute Gasteiger partial charge is 0.444 e. The van der Waals surface area contributed by atoms with Crippen molar-refractivity contribution in [3.8, 4) is 0 Å². The molecule has 0 aromatic heterocycles. The Bertz CT molecular complexity index is 548. The van der Waals surface area contributed by atoms with Gasteiger partial charge in [-0.15, -0.1) is 0 Å². The highest BCUT2D eigenvalue weighted by molar-refractivity contribution is 5.86. The van der Waals surface area contributed by atoms with Crippen LogP contribution in [0.25, 0.3) is 0 Å². The number of carbonyl (C=O) groups is 2. The molecule has 6 nitrogen and oxygen atoms in total. The van der Waals surface area contributed by atoms with Crippen LogP contribution in [-0.4, -0.2) is 42.9 Å². The molecule has 2 amide bonds. The average molecular weight is 334 g/mol. The van der Waals surface area contributed by atoms with E-state index < -0.39 is 17.7 Å². The predicted molar refractivity (Wildman–Crippen MR) is 90.7 cm³/mol. The van der Waals surface area contributed by atoms with E-state index in [0.717, 1.165) is 12.0 Å². The minimum atomic E-state index is -0.692. The van der Waals surface area contributed by atoms with Gasteiger partial charge in [-0.3, -0.25) is 4.79 Å². The molecule has 0 unspecified atom stereocenters. The monoisotopic (exact) mass is 334 g/mol. The Morgan fingerprint density at radius 3 is 2.58 bits per heavy atom. The van der Waals surface area contributed by atoms with Crippen LogP contribution in [0.2, 0.25) is 0 Å². The van der Waals surface area contributed by atoms with E-state index in [1.807, 2.05) is 30.3 Å². The summed E-state index contributed by atoms with van der Waals surface area (Å²) in [7, 11) is 0. The Labute approximate surface area is 142 Å². The fraction of sp³-hybridized carbons (Fsp3) is 0.556. The molecule has 2 N–H and O–H groups in total. The van der Waals surface area contributed by atoms with E-state index in [4.69, 9.17) is 9.47 Å². The zero-order valence-corrected chi connectivity index (χ0v) is 14.5. The van der Waals surface area contributed by atoms with Crippen LogP contribution in [0.5, 0.6) is 0 Å². The third-order valence-corrected chi connectivity index (χ3v) is 3.57. The fourth-order valence-corrected chi connectivity index (χ4v) is 2.46. The molecule has 0 bridgehead atoms. The van der Waals surface area contributed by atoms with Gasteiger partial charge in [-0.25, -0.2) is 4.79 Å². The standard InChI is InChI=1S/C18H26N2O4/c1-18(2,3)24-17(22)20-15(11-13-7-5-4-6-8-13)16(21)19-14-9-10-23-12-14/h4-8,14-15H,9-12H2,1-3H3,(H,19,21)(H,20,22)/t14-,15-/m0/s1. The van der Waals surface area contributed by atoms with E-state index in [2.05, 4.69) is 10.6 Å². The van der Waals surface area contributed by atoms with Crippen LogP contribution in [0.4, 0.5) is 4.79 Å². The normalized spacial score (nSPS) is 18.7. The molecule has 2 rings (SSSR count). The van der Waals surface area contributed by atoms with Gasteiger partial charge in [0.2, 0.25) is 5.91 Å². The Kier molecular flexibility index (Phi) is 6.20. The van der Waals surface area contributed by atoms with Crippen LogP contribution < -0.4 is 10.6 Å². The van der Waals surface area contributed by atoms with Gasteiger partial charge in [-0.05, 0) is 32.8 Å². The van der Waals surface area contributed by atoms with Crippen molar-refractivity contribution in [2.75, 3.05) is 13.2 Å². The van der Waals surface area contributed by atoms with Gasteiger partial charge in [-0.2, -0.15) is 0 Å². The number of hydrogen-bond acceptors (Lipinski definition) is 4. The number of amides is 2. The SMILES string of the molecule is CC(C)(C)OC(=O)N[C@@H](Cc1ccccc1)C(=O)N[C@H]1CCOC1. The number of carbonyl (C=O) groups excluding carboxylic acids is 2. The van der Waals surface area contributed by atoms with Gasteiger partial charge in [0.1, 0.15) is 11.6 Å². The molecule has 6 heteroatoms. The van der Waals surface area contributed by atoms with Crippen molar-refractivity contribution in [2.24, 2.45) is 0 Å². The molecule has 0 spiro atoms. The van der Waals surface area contributed by atoms with E-state index >= 15 is 0 Å². The molecule has 1 fully saturated rings. The lowest BCUT2D eigenvalue weighted by atomic mass is 10.0. The number of benzene rings is 1. The summed E-state index contributed by atoms with van der Waals surface area (Å²) in [6.07, 6.45) is 0.594. The highest BCUT2D eigenvalue weighted by Crippen LogP contribution is 2.10. The van der Waals surface area contributed by atoms with Gasteiger partial charge in [0.25, 0.3) is 0 Å². The molecule has 1 heterocycles. The highest BCUT2D eigenvalue weighted by atomic mass is 16.6. The summed E-state index contributed by atoms with van der Waals surface area (Å²) >= 11 is 0. The van der Waals surface area contributed by atoms with Crippen molar-refractivity contribution in [3.63, 3.8) is 0 Å². The van der Waals surface area contributed by atoms with E-state index in [1.54, 1.807) is 20.8 Å². The minimum absolute atomic E-state index is 0.00351. The summed E-state index contributed by atoms with van der Waals surface area (Å²) in [5.74, 6) is -0.222. The number of ether oxygens (including phenoxy) is 2. The van der Waals surface area contributed by atoms with Crippen molar-refractivity contribution in [2.45, 2.75) is 51.3 Å². The molecule has 1 aliphatic rings. The molecule has 1 aliphatic heterocycles. The second-order valence-corrected chi connectivity index (χ2v) is 6.96. The Balaban J connectivity index is 2.02. The van der Waals surface area contributed by atoms with E-state index in [1.165, 1.54) is 0 Å². The first kappa shape index (κ1) is 18.3. The number of alkyl carbamates (subject to hydrolysis) is 1. The number of rotatable bonds is 5. The highest BCUT2D eigenvalue weighted by Gasteiger charge is 2.27. The van der Waals surface area contributed by atoms with Gasteiger partial charge in [0, 0.05) is 13.0 Å². The summed E-state index contributed by atoms with van der Waals surface area (Å²) < 4.78 is 10.5. The smallest absolute Gasteiger partial charge is 0.408 e. The first-order valence-corrected chi connectivity index (χ1v) is 8.25. The van der Waals surface area contributed by atoms with E-state index in [-0.39, 0.29) is 11.9 Å². The maximum Gasteiger partial charge on any atom is 0.408 e. The molecule has 1 aromatic carbocycles. The lowest BCUT2D eigenvalue weighted by Crippen LogP contribution is -2.51. The van der Waals surface area contributed by atoms with Gasteiger partial charge in [0.05, 0.1) is 12.6 Å². The number of hydrogen-bond donors (Lipinski definition) is 2. The Hall–Kier alpha value is -2.08. The lowest BCUT2D eigenvalue weighted by molar-refractivity contribution is -0.123. The molecule has 0 radical (unpaired) electrons. The van der Waals surface area contributed by atoms with Crippen molar-refractivity contribution in [3.05, 3.63) is 35.9 Å². The van der Waals surface area contributed by atoms with Gasteiger partial charge in [-0.1, -0.05) is 30.3 Å². The molecule has 132 valence electrons.